The van der Waals surface area contributed by atoms with Crippen LogP contribution in [0.1, 0.15) is 51.3 Å². The average Bonchev–Trinajstić information content (AvgIpc) is 2.75. The van der Waals surface area contributed by atoms with Crippen LogP contribution >= 0.6 is 15.9 Å². The molecule has 1 aliphatic rings. The lowest BCUT2D eigenvalue weighted by atomic mass is 9.85. The Labute approximate surface area is 122 Å². The number of H-pyrrole nitrogens is 1. The standard InChI is InChI=1S/C13H21BrN4O/c1-8(2)16-13(19)17-10-5-3-9(4-6-10)12-15-7-11(14)18-12/h7-10H,3-6H2,1-2H3,(H,15,18)(H2,16,17,19). The number of amides is 2. The third-order valence-electron chi connectivity index (χ3n) is 3.43. The van der Waals surface area contributed by atoms with Crippen molar-refractivity contribution in [2.24, 2.45) is 0 Å². The number of rotatable bonds is 3. The molecule has 1 heterocycles. The fourth-order valence-corrected chi connectivity index (χ4v) is 2.83. The van der Waals surface area contributed by atoms with Gasteiger partial charge in [0.1, 0.15) is 10.4 Å². The lowest BCUT2D eigenvalue weighted by molar-refractivity contribution is 0.228. The van der Waals surface area contributed by atoms with Gasteiger partial charge >= 0.3 is 6.03 Å². The zero-order valence-corrected chi connectivity index (χ0v) is 13.0. The Morgan fingerprint density at radius 2 is 2.11 bits per heavy atom. The molecule has 0 spiro atoms. The van der Waals surface area contributed by atoms with Crippen molar-refractivity contribution in [2.45, 2.75) is 57.5 Å². The first-order valence-corrected chi connectivity index (χ1v) is 7.61. The van der Waals surface area contributed by atoms with E-state index >= 15 is 0 Å². The maximum Gasteiger partial charge on any atom is 0.315 e. The molecule has 0 atom stereocenters. The summed E-state index contributed by atoms with van der Waals surface area (Å²) in [6.45, 7) is 3.93. The van der Waals surface area contributed by atoms with Gasteiger partial charge in [-0.25, -0.2) is 9.78 Å². The van der Waals surface area contributed by atoms with E-state index in [2.05, 4.69) is 36.5 Å². The zero-order chi connectivity index (χ0) is 13.8. The summed E-state index contributed by atoms with van der Waals surface area (Å²) in [6.07, 6.45) is 5.94. The molecular weight excluding hydrogens is 308 g/mol. The molecule has 5 nitrogen and oxygen atoms in total. The number of halogens is 1. The predicted octanol–water partition coefficient (Wildman–Crippen LogP) is 2.91. The molecule has 6 heteroatoms. The van der Waals surface area contributed by atoms with E-state index in [-0.39, 0.29) is 18.1 Å². The lowest BCUT2D eigenvalue weighted by Gasteiger charge is -2.28. The van der Waals surface area contributed by atoms with Gasteiger partial charge in [-0.3, -0.25) is 0 Å². The molecule has 0 radical (unpaired) electrons. The van der Waals surface area contributed by atoms with E-state index in [9.17, 15) is 4.79 Å². The normalized spacial score (nSPS) is 23.4. The maximum absolute atomic E-state index is 11.6. The van der Waals surface area contributed by atoms with Crippen LogP contribution < -0.4 is 10.6 Å². The number of aromatic nitrogens is 2. The Balaban J connectivity index is 1.78. The number of aromatic amines is 1. The van der Waals surface area contributed by atoms with E-state index in [0.29, 0.717) is 5.92 Å². The Morgan fingerprint density at radius 1 is 1.42 bits per heavy atom. The van der Waals surface area contributed by atoms with E-state index in [1.165, 1.54) is 0 Å². The highest BCUT2D eigenvalue weighted by Gasteiger charge is 2.25. The Kier molecular flexibility index (Phi) is 4.85. The smallest absolute Gasteiger partial charge is 0.315 e. The van der Waals surface area contributed by atoms with Crippen LogP contribution in [0.3, 0.4) is 0 Å². The number of nitrogens with one attached hydrogen (secondary N) is 3. The molecule has 3 N–H and O–H groups in total. The van der Waals surface area contributed by atoms with Crippen molar-refractivity contribution in [2.75, 3.05) is 0 Å². The number of hydrogen-bond acceptors (Lipinski definition) is 2. The predicted molar refractivity (Wildman–Crippen MR) is 78.1 cm³/mol. The first-order valence-electron chi connectivity index (χ1n) is 6.82. The molecule has 0 aromatic carbocycles. The maximum atomic E-state index is 11.6. The minimum Gasteiger partial charge on any atom is -0.337 e. The van der Waals surface area contributed by atoms with Gasteiger partial charge in [-0.1, -0.05) is 0 Å². The molecule has 0 aliphatic heterocycles. The third kappa shape index (κ3) is 4.23. The van der Waals surface area contributed by atoms with E-state index in [1.807, 2.05) is 13.8 Å². The highest BCUT2D eigenvalue weighted by Crippen LogP contribution is 2.31. The van der Waals surface area contributed by atoms with Crippen molar-refractivity contribution in [3.05, 3.63) is 16.6 Å². The van der Waals surface area contributed by atoms with Gasteiger partial charge in [-0.15, -0.1) is 0 Å². The van der Waals surface area contributed by atoms with Gasteiger partial charge in [0.15, 0.2) is 0 Å². The molecule has 106 valence electrons. The molecule has 2 amide bonds. The summed E-state index contributed by atoms with van der Waals surface area (Å²) in [5, 5.41) is 5.90. The van der Waals surface area contributed by atoms with E-state index in [1.54, 1.807) is 6.20 Å². The summed E-state index contributed by atoms with van der Waals surface area (Å²) >= 11 is 3.38. The molecule has 1 aromatic heterocycles. The van der Waals surface area contributed by atoms with Crippen LogP contribution in [0.15, 0.2) is 10.8 Å². The van der Waals surface area contributed by atoms with Gasteiger partial charge in [0.2, 0.25) is 0 Å². The number of nitrogens with zero attached hydrogens (tertiary/aromatic N) is 1. The van der Waals surface area contributed by atoms with Crippen molar-refractivity contribution in [3.63, 3.8) is 0 Å². The summed E-state index contributed by atoms with van der Waals surface area (Å²) in [5.74, 6) is 1.54. The van der Waals surface area contributed by atoms with Crippen LogP contribution in [0, 0.1) is 0 Å². The lowest BCUT2D eigenvalue weighted by Crippen LogP contribution is -2.45. The Hall–Kier alpha value is -1.04. The fourth-order valence-electron chi connectivity index (χ4n) is 2.52. The summed E-state index contributed by atoms with van der Waals surface area (Å²) in [6, 6.07) is 0.407. The monoisotopic (exact) mass is 328 g/mol. The molecule has 1 aromatic rings. The minimum absolute atomic E-state index is 0.0563. The van der Waals surface area contributed by atoms with Crippen molar-refractivity contribution in [1.82, 2.24) is 20.6 Å². The fraction of sp³-hybridized carbons (Fsp3) is 0.692. The summed E-state index contributed by atoms with van der Waals surface area (Å²) in [4.78, 5) is 19.2. The molecule has 0 bridgehead atoms. The molecule has 1 aliphatic carbocycles. The van der Waals surface area contributed by atoms with Gasteiger partial charge in [-0.2, -0.15) is 0 Å². The van der Waals surface area contributed by atoms with Crippen LogP contribution in [0.25, 0.3) is 0 Å². The quantitative estimate of drug-likeness (QED) is 0.798. The second kappa shape index (κ2) is 6.41. The van der Waals surface area contributed by atoms with E-state index in [4.69, 9.17) is 0 Å². The van der Waals surface area contributed by atoms with E-state index < -0.39 is 0 Å². The van der Waals surface area contributed by atoms with Crippen LogP contribution in [0.2, 0.25) is 0 Å². The first-order chi connectivity index (χ1) is 9.04. The second-order valence-electron chi connectivity index (χ2n) is 5.44. The molecular formula is C13H21BrN4O. The Bertz CT molecular complexity index is 424. The molecule has 2 rings (SSSR count). The summed E-state index contributed by atoms with van der Waals surface area (Å²) in [5.41, 5.74) is 0. The molecule has 0 saturated heterocycles. The number of imidazole rings is 1. The summed E-state index contributed by atoms with van der Waals surface area (Å²) < 4.78 is 0.930. The van der Waals surface area contributed by atoms with Gasteiger partial charge in [0.25, 0.3) is 0 Å². The van der Waals surface area contributed by atoms with Crippen molar-refractivity contribution in [3.8, 4) is 0 Å². The highest BCUT2D eigenvalue weighted by atomic mass is 79.9. The minimum atomic E-state index is -0.0563. The van der Waals surface area contributed by atoms with Crippen LogP contribution in [0.5, 0.6) is 0 Å². The van der Waals surface area contributed by atoms with Gasteiger partial charge < -0.3 is 15.6 Å². The van der Waals surface area contributed by atoms with Crippen molar-refractivity contribution in [1.29, 1.82) is 0 Å². The zero-order valence-electron chi connectivity index (χ0n) is 11.4. The van der Waals surface area contributed by atoms with Gasteiger partial charge in [0, 0.05) is 18.0 Å². The molecule has 0 unspecified atom stereocenters. The number of carbonyl (C=O) groups excluding carboxylic acids is 1. The first kappa shape index (κ1) is 14.4. The van der Waals surface area contributed by atoms with Crippen LogP contribution in [-0.2, 0) is 0 Å². The number of urea groups is 1. The number of hydrogen-bond donors (Lipinski definition) is 3. The SMILES string of the molecule is CC(C)NC(=O)NC1CCC(c2ncc(Br)[nH]2)CC1. The highest BCUT2D eigenvalue weighted by molar-refractivity contribution is 9.10. The third-order valence-corrected chi connectivity index (χ3v) is 3.84. The molecule has 1 saturated carbocycles. The average molecular weight is 329 g/mol. The van der Waals surface area contributed by atoms with Gasteiger partial charge in [0.05, 0.1) is 6.20 Å². The van der Waals surface area contributed by atoms with Crippen molar-refractivity contribution >= 4 is 22.0 Å². The Morgan fingerprint density at radius 3 is 2.63 bits per heavy atom. The van der Waals surface area contributed by atoms with E-state index in [0.717, 1.165) is 36.1 Å². The molecule has 19 heavy (non-hydrogen) atoms. The van der Waals surface area contributed by atoms with Crippen LogP contribution in [0.4, 0.5) is 4.79 Å². The second-order valence-corrected chi connectivity index (χ2v) is 6.29. The summed E-state index contributed by atoms with van der Waals surface area (Å²) in [7, 11) is 0. The van der Waals surface area contributed by atoms with Crippen LogP contribution in [-0.4, -0.2) is 28.1 Å². The topological polar surface area (TPSA) is 69.8 Å². The number of carbonyl (C=O) groups is 1. The molecule has 1 fully saturated rings. The van der Waals surface area contributed by atoms with Crippen molar-refractivity contribution < 1.29 is 4.79 Å². The van der Waals surface area contributed by atoms with Gasteiger partial charge in [-0.05, 0) is 55.5 Å². The largest absolute Gasteiger partial charge is 0.337 e.